The number of amides is 1. The first kappa shape index (κ1) is 26.4. The van der Waals surface area contributed by atoms with Gasteiger partial charge in [0, 0.05) is 50.1 Å². The van der Waals surface area contributed by atoms with Crippen molar-refractivity contribution < 1.29 is 9.18 Å². The van der Waals surface area contributed by atoms with Crippen LogP contribution in [0.5, 0.6) is 0 Å². The van der Waals surface area contributed by atoms with Gasteiger partial charge in [0.25, 0.3) is 0 Å². The van der Waals surface area contributed by atoms with Crippen molar-refractivity contribution in [1.29, 1.82) is 0 Å². The van der Waals surface area contributed by atoms with Crippen molar-refractivity contribution >= 4 is 47.4 Å². The summed E-state index contributed by atoms with van der Waals surface area (Å²) in [6, 6.07) is 12.8. The summed E-state index contributed by atoms with van der Waals surface area (Å²) in [5.74, 6) is 0.580. The van der Waals surface area contributed by atoms with Gasteiger partial charge >= 0.3 is 0 Å². The summed E-state index contributed by atoms with van der Waals surface area (Å²) in [6.45, 7) is 6.84. The van der Waals surface area contributed by atoms with Crippen LogP contribution in [0.2, 0.25) is 5.02 Å². The first-order chi connectivity index (χ1) is 14.8. The van der Waals surface area contributed by atoms with Gasteiger partial charge in [-0.05, 0) is 35.2 Å². The van der Waals surface area contributed by atoms with Crippen molar-refractivity contribution in [2.24, 2.45) is 4.99 Å². The summed E-state index contributed by atoms with van der Waals surface area (Å²) in [5.41, 5.74) is 2.84. The minimum Gasteiger partial charge on any atom is -0.356 e. The molecule has 32 heavy (non-hydrogen) atoms. The van der Waals surface area contributed by atoms with Gasteiger partial charge < -0.3 is 15.5 Å². The topological polar surface area (TPSA) is 56.7 Å². The van der Waals surface area contributed by atoms with Gasteiger partial charge in [-0.3, -0.25) is 9.79 Å². The van der Waals surface area contributed by atoms with Crippen LogP contribution in [0.1, 0.15) is 43.4 Å². The molecule has 0 radical (unpaired) electrons. The number of likely N-dealkylation sites (tertiary alicyclic amines) is 1. The number of carbonyl (C=O) groups is 1. The molecule has 1 aliphatic heterocycles. The molecule has 0 aliphatic carbocycles. The third-order valence-electron chi connectivity index (χ3n) is 5.61. The van der Waals surface area contributed by atoms with E-state index in [1.54, 1.807) is 13.1 Å². The van der Waals surface area contributed by atoms with Crippen molar-refractivity contribution in [3.05, 3.63) is 70.0 Å². The Balaban J connectivity index is 0.00000363. The molecular formula is C24H31ClFIN4O. The highest BCUT2D eigenvalue weighted by molar-refractivity contribution is 14.0. The van der Waals surface area contributed by atoms with Gasteiger partial charge in [-0.1, -0.05) is 55.8 Å². The van der Waals surface area contributed by atoms with Crippen molar-refractivity contribution in [1.82, 2.24) is 15.5 Å². The molecule has 5 nitrogen and oxygen atoms in total. The number of nitrogens with zero attached hydrogens (tertiary/aromatic N) is 2. The third kappa shape index (κ3) is 7.07. The van der Waals surface area contributed by atoms with E-state index in [9.17, 15) is 9.18 Å². The molecular weight excluding hydrogens is 542 g/mol. The largest absolute Gasteiger partial charge is 0.356 e. The van der Waals surface area contributed by atoms with E-state index in [1.807, 2.05) is 4.90 Å². The van der Waals surface area contributed by atoms with Crippen LogP contribution in [0.4, 0.5) is 4.39 Å². The first-order valence-electron chi connectivity index (χ1n) is 10.5. The second kappa shape index (κ2) is 11.8. The summed E-state index contributed by atoms with van der Waals surface area (Å²) in [7, 11) is 1.73. The predicted octanol–water partition coefficient (Wildman–Crippen LogP) is 4.86. The van der Waals surface area contributed by atoms with Gasteiger partial charge in [0.2, 0.25) is 5.91 Å². The summed E-state index contributed by atoms with van der Waals surface area (Å²) >= 11 is 6.24. The van der Waals surface area contributed by atoms with Crippen LogP contribution < -0.4 is 10.6 Å². The summed E-state index contributed by atoms with van der Waals surface area (Å²) in [4.78, 5) is 18.0. The summed E-state index contributed by atoms with van der Waals surface area (Å²) < 4.78 is 13.4. The fraction of sp³-hybridized carbons (Fsp3) is 0.417. The zero-order valence-corrected chi connectivity index (χ0v) is 21.8. The fourth-order valence-electron chi connectivity index (χ4n) is 3.70. The number of hydrogen-bond acceptors (Lipinski definition) is 2. The van der Waals surface area contributed by atoms with Crippen LogP contribution in [0.25, 0.3) is 0 Å². The number of rotatable bonds is 7. The number of nitrogens with one attached hydrogen (secondary N) is 2. The van der Waals surface area contributed by atoms with E-state index in [1.165, 1.54) is 12.1 Å². The normalized spacial score (nSPS) is 14.3. The van der Waals surface area contributed by atoms with Crippen LogP contribution in [0.15, 0.2) is 47.5 Å². The minimum atomic E-state index is -0.340. The molecule has 0 saturated carbocycles. The Morgan fingerprint density at radius 1 is 1.16 bits per heavy atom. The highest BCUT2D eigenvalue weighted by Crippen LogP contribution is 2.29. The molecule has 174 valence electrons. The number of halogens is 3. The summed E-state index contributed by atoms with van der Waals surface area (Å²) in [5, 5.41) is 7.06. The molecule has 0 aromatic heterocycles. The van der Waals surface area contributed by atoms with Crippen molar-refractivity contribution in [2.45, 2.75) is 45.2 Å². The predicted molar refractivity (Wildman–Crippen MR) is 139 cm³/mol. The maximum Gasteiger partial charge on any atom is 0.222 e. The van der Waals surface area contributed by atoms with Crippen molar-refractivity contribution in [3.8, 4) is 0 Å². The Kier molecular flexibility index (Phi) is 9.76. The highest BCUT2D eigenvalue weighted by Gasteiger charge is 2.24. The second-order valence-corrected chi connectivity index (χ2v) is 8.93. The van der Waals surface area contributed by atoms with Gasteiger partial charge in [-0.2, -0.15) is 0 Å². The molecule has 1 saturated heterocycles. The van der Waals surface area contributed by atoms with E-state index in [0.29, 0.717) is 37.0 Å². The van der Waals surface area contributed by atoms with Crippen LogP contribution in [0.3, 0.4) is 0 Å². The van der Waals surface area contributed by atoms with Crippen LogP contribution in [-0.2, 0) is 23.3 Å². The van der Waals surface area contributed by atoms with Crippen molar-refractivity contribution in [3.63, 3.8) is 0 Å². The quantitative estimate of drug-likeness (QED) is 0.283. The molecule has 0 bridgehead atoms. The molecule has 3 rings (SSSR count). The second-order valence-electron chi connectivity index (χ2n) is 8.52. The molecule has 1 fully saturated rings. The van der Waals surface area contributed by atoms with Crippen LogP contribution in [-0.4, -0.2) is 36.9 Å². The van der Waals surface area contributed by atoms with E-state index >= 15 is 0 Å². The molecule has 1 aliphatic rings. The Bertz CT molecular complexity index is 950. The van der Waals surface area contributed by atoms with Gasteiger partial charge in [-0.25, -0.2) is 4.39 Å². The molecule has 1 heterocycles. The smallest absolute Gasteiger partial charge is 0.222 e. The Morgan fingerprint density at radius 3 is 2.44 bits per heavy atom. The molecule has 2 aromatic carbocycles. The Hall–Kier alpha value is -1.87. The maximum absolute atomic E-state index is 13.4. The van der Waals surface area contributed by atoms with E-state index in [0.717, 1.165) is 29.7 Å². The monoisotopic (exact) mass is 572 g/mol. The molecule has 8 heteroatoms. The molecule has 2 N–H and O–H groups in total. The van der Waals surface area contributed by atoms with E-state index < -0.39 is 0 Å². The maximum atomic E-state index is 13.4. The lowest BCUT2D eigenvalue weighted by Gasteiger charge is -2.27. The van der Waals surface area contributed by atoms with Gasteiger partial charge in [0.05, 0.1) is 0 Å². The number of carbonyl (C=O) groups excluding carboxylic acids is 1. The molecule has 0 spiro atoms. The first-order valence-corrected chi connectivity index (χ1v) is 10.9. The lowest BCUT2D eigenvalue weighted by molar-refractivity contribution is -0.128. The Morgan fingerprint density at radius 2 is 1.84 bits per heavy atom. The standard InChI is InChI=1S/C24H30ClFN4O.HI/c1-24(2,20-11-10-19(26)13-21(20)25)16-29-23(27-3)28-14-17-6-8-18(9-7-17)15-30-12-4-5-22(30)31;/h6-11,13H,4-5,12,14-16H2,1-3H3,(H2,27,28,29);1H. The minimum absolute atomic E-state index is 0. The molecule has 2 aromatic rings. The van der Waals surface area contributed by atoms with Gasteiger partial charge in [0.15, 0.2) is 5.96 Å². The summed E-state index contributed by atoms with van der Waals surface area (Å²) in [6.07, 6.45) is 1.62. The SMILES string of the molecule is CN=C(NCc1ccc(CN2CCCC2=O)cc1)NCC(C)(C)c1ccc(F)cc1Cl.I. The van der Waals surface area contributed by atoms with Crippen molar-refractivity contribution in [2.75, 3.05) is 20.1 Å². The van der Waals surface area contributed by atoms with Crippen LogP contribution in [0, 0.1) is 5.82 Å². The van der Waals surface area contributed by atoms with Gasteiger partial charge in [-0.15, -0.1) is 24.0 Å². The fourth-order valence-corrected chi connectivity index (χ4v) is 4.12. The Labute approximate surface area is 211 Å². The van der Waals surface area contributed by atoms with E-state index in [-0.39, 0.29) is 41.1 Å². The zero-order valence-electron chi connectivity index (χ0n) is 18.8. The van der Waals surface area contributed by atoms with Gasteiger partial charge in [0.1, 0.15) is 5.82 Å². The lowest BCUT2D eigenvalue weighted by Crippen LogP contribution is -2.43. The lowest BCUT2D eigenvalue weighted by atomic mass is 9.84. The number of benzene rings is 2. The van der Waals surface area contributed by atoms with E-state index in [4.69, 9.17) is 11.6 Å². The third-order valence-corrected chi connectivity index (χ3v) is 5.92. The average molecular weight is 573 g/mol. The number of guanidine groups is 1. The van der Waals surface area contributed by atoms with E-state index in [2.05, 4.69) is 53.7 Å². The zero-order chi connectivity index (χ0) is 22.4. The number of aliphatic imine (C=N–C) groups is 1. The van der Waals surface area contributed by atoms with Crippen LogP contribution >= 0.6 is 35.6 Å². The average Bonchev–Trinajstić information content (AvgIpc) is 3.13. The highest BCUT2D eigenvalue weighted by atomic mass is 127. The molecule has 0 atom stereocenters. The number of hydrogen-bond donors (Lipinski definition) is 2. The molecule has 0 unspecified atom stereocenters. The molecule has 1 amide bonds.